The number of aliphatic hydroxyl groups is 1. The SMILES string of the molecule is COc1ccc(C2(O)CCCC(OC)C2)cc1F. The van der Waals surface area contributed by atoms with E-state index in [1.54, 1.807) is 19.2 Å². The van der Waals surface area contributed by atoms with Gasteiger partial charge in [0.2, 0.25) is 0 Å². The molecule has 0 heterocycles. The lowest BCUT2D eigenvalue weighted by atomic mass is 9.78. The van der Waals surface area contributed by atoms with Gasteiger partial charge in [0.1, 0.15) is 0 Å². The first kappa shape index (κ1) is 13.3. The molecule has 18 heavy (non-hydrogen) atoms. The van der Waals surface area contributed by atoms with E-state index in [9.17, 15) is 9.50 Å². The van der Waals surface area contributed by atoms with Crippen LogP contribution in [0.2, 0.25) is 0 Å². The molecule has 1 aromatic rings. The molecule has 1 fully saturated rings. The Bertz CT molecular complexity index is 422. The van der Waals surface area contributed by atoms with E-state index in [1.165, 1.54) is 13.2 Å². The third-order valence-corrected chi connectivity index (χ3v) is 3.70. The maximum atomic E-state index is 13.7. The van der Waals surface area contributed by atoms with E-state index in [-0.39, 0.29) is 11.9 Å². The molecule has 4 heteroatoms. The van der Waals surface area contributed by atoms with Crippen molar-refractivity contribution in [2.24, 2.45) is 0 Å². The molecule has 3 nitrogen and oxygen atoms in total. The van der Waals surface area contributed by atoms with E-state index in [1.807, 2.05) is 0 Å². The lowest BCUT2D eigenvalue weighted by molar-refractivity contribution is -0.0633. The Kier molecular flexibility index (Phi) is 3.88. The zero-order chi connectivity index (χ0) is 13.2. The minimum Gasteiger partial charge on any atom is -0.494 e. The lowest BCUT2D eigenvalue weighted by Gasteiger charge is -2.36. The van der Waals surface area contributed by atoms with E-state index in [0.717, 1.165) is 12.8 Å². The molecular weight excluding hydrogens is 235 g/mol. The summed E-state index contributed by atoms with van der Waals surface area (Å²) in [4.78, 5) is 0. The van der Waals surface area contributed by atoms with Crippen LogP contribution in [0.25, 0.3) is 0 Å². The molecule has 0 radical (unpaired) electrons. The highest BCUT2D eigenvalue weighted by Crippen LogP contribution is 2.39. The molecule has 2 unspecified atom stereocenters. The number of hydrogen-bond acceptors (Lipinski definition) is 3. The van der Waals surface area contributed by atoms with Gasteiger partial charge in [0.25, 0.3) is 0 Å². The molecule has 100 valence electrons. The first-order valence-corrected chi connectivity index (χ1v) is 6.18. The number of halogens is 1. The fourth-order valence-corrected chi connectivity index (χ4v) is 2.62. The summed E-state index contributed by atoms with van der Waals surface area (Å²) in [5.74, 6) is -0.246. The van der Waals surface area contributed by atoms with Gasteiger partial charge in [0.05, 0.1) is 18.8 Å². The zero-order valence-electron chi connectivity index (χ0n) is 10.8. The second kappa shape index (κ2) is 5.24. The quantitative estimate of drug-likeness (QED) is 0.901. The molecule has 0 bridgehead atoms. The second-order valence-electron chi connectivity index (χ2n) is 4.83. The smallest absolute Gasteiger partial charge is 0.165 e. The van der Waals surface area contributed by atoms with Gasteiger partial charge in [-0.3, -0.25) is 0 Å². The Morgan fingerprint density at radius 1 is 1.39 bits per heavy atom. The summed E-state index contributed by atoms with van der Waals surface area (Å²) in [5.41, 5.74) is -0.394. The Labute approximate surface area is 107 Å². The minimum atomic E-state index is -0.994. The third-order valence-electron chi connectivity index (χ3n) is 3.70. The zero-order valence-corrected chi connectivity index (χ0v) is 10.8. The van der Waals surface area contributed by atoms with Crippen molar-refractivity contribution in [2.75, 3.05) is 14.2 Å². The van der Waals surface area contributed by atoms with Gasteiger partial charge in [-0.2, -0.15) is 0 Å². The van der Waals surface area contributed by atoms with Crippen molar-refractivity contribution >= 4 is 0 Å². The molecule has 1 aliphatic carbocycles. The van der Waals surface area contributed by atoms with Crippen LogP contribution in [0.15, 0.2) is 18.2 Å². The van der Waals surface area contributed by atoms with Crippen LogP contribution in [0.4, 0.5) is 4.39 Å². The van der Waals surface area contributed by atoms with Crippen LogP contribution in [-0.2, 0) is 10.3 Å². The Morgan fingerprint density at radius 2 is 2.17 bits per heavy atom. The fraction of sp³-hybridized carbons (Fsp3) is 0.571. The average molecular weight is 254 g/mol. The summed E-state index contributed by atoms with van der Waals surface area (Å²) >= 11 is 0. The number of benzene rings is 1. The normalized spacial score (nSPS) is 28.1. The van der Waals surface area contributed by atoms with Gasteiger partial charge in [-0.15, -0.1) is 0 Å². The summed E-state index contributed by atoms with van der Waals surface area (Å²) in [6, 6.07) is 4.63. The first-order valence-electron chi connectivity index (χ1n) is 6.18. The molecule has 2 rings (SSSR count). The largest absolute Gasteiger partial charge is 0.494 e. The van der Waals surface area contributed by atoms with Crippen LogP contribution in [0.1, 0.15) is 31.2 Å². The maximum Gasteiger partial charge on any atom is 0.165 e. The molecule has 1 N–H and O–H groups in total. The molecule has 0 spiro atoms. The molecule has 1 aliphatic rings. The molecular formula is C14H19FO3. The van der Waals surface area contributed by atoms with E-state index in [4.69, 9.17) is 9.47 Å². The van der Waals surface area contributed by atoms with Crippen LogP contribution in [0.3, 0.4) is 0 Å². The van der Waals surface area contributed by atoms with Gasteiger partial charge >= 0.3 is 0 Å². The summed E-state index contributed by atoms with van der Waals surface area (Å²) in [6.45, 7) is 0. The van der Waals surface area contributed by atoms with E-state index >= 15 is 0 Å². The Hall–Kier alpha value is -1.13. The molecule has 1 saturated carbocycles. The molecule has 2 atom stereocenters. The first-order chi connectivity index (χ1) is 8.59. The van der Waals surface area contributed by atoms with Gasteiger partial charge in [-0.05, 0) is 37.0 Å². The molecule has 0 aliphatic heterocycles. The van der Waals surface area contributed by atoms with Crippen LogP contribution in [0.5, 0.6) is 5.75 Å². The lowest BCUT2D eigenvalue weighted by Crippen LogP contribution is -2.36. The monoisotopic (exact) mass is 254 g/mol. The average Bonchev–Trinajstić information content (AvgIpc) is 2.38. The third kappa shape index (κ3) is 2.49. The van der Waals surface area contributed by atoms with E-state index in [0.29, 0.717) is 18.4 Å². The van der Waals surface area contributed by atoms with E-state index < -0.39 is 11.4 Å². The fourth-order valence-electron chi connectivity index (χ4n) is 2.62. The van der Waals surface area contributed by atoms with Crippen LogP contribution in [0, 0.1) is 5.82 Å². The van der Waals surface area contributed by atoms with Gasteiger partial charge in [-0.1, -0.05) is 6.07 Å². The van der Waals surface area contributed by atoms with Gasteiger partial charge < -0.3 is 14.6 Å². The van der Waals surface area contributed by atoms with Gasteiger partial charge in [-0.25, -0.2) is 4.39 Å². The number of rotatable bonds is 3. The van der Waals surface area contributed by atoms with Crippen LogP contribution < -0.4 is 4.74 Å². The van der Waals surface area contributed by atoms with Crippen LogP contribution >= 0.6 is 0 Å². The number of ether oxygens (including phenoxy) is 2. The van der Waals surface area contributed by atoms with Crippen molar-refractivity contribution in [3.05, 3.63) is 29.6 Å². The second-order valence-corrected chi connectivity index (χ2v) is 4.83. The molecule has 0 aromatic heterocycles. The molecule has 0 amide bonds. The number of methoxy groups -OCH3 is 2. The highest BCUT2D eigenvalue weighted by Gasteiger charge is 2.36. The van der Waals surface area contributed by atoms with Gasteiger partial charge in [0, 0.05) is 13.5 Å². The predicted molar refractivity (Wildman–Crippen MR) is 66.1 cm³/mol. The van der Waals surface area contributed by atoms with E-state index in [2.05, 4.69) is 0 Å². The summed E-state index contributed by atoms with van der Waals surface area (Å²) < 4.78 is 23.9. The van der Waals surface area contributed by atoms with Crippen molar-refractivity contribution < 1.29 is 19.0 Å². The summed E-state index contributed by atoms with van der Waals surface area (Å²) in [7, 11) is 3.07. The Balaban J connectivity index is 2.26. The number of hydrogen-bond donors (Lipinski definition) is 1. The highest BCUT2D eigenvalue weighted by atomic mass is 19.1. The maximum absolute atomic E-state index is 13.7. The Morgan fingerprint density at radius 3 is 2.78 bits per heavy atom. The van der Waals surface area contributed by atoms with Gasteiger partial charge in [0.15, 0.2) is 11.6 Å². The minimum absolute atomic E-state index is 0.0360. The van der Waals surface area contributed by atoms with Crippen molar-refractivity contribution in [3.8, 4) is 5.75 Å². The van der Waals surface area contributed by atoms with Crippen molar-refractivity contribution in [3.63, 3.8) is 0 Å². The molecule has 0 saturated heterocycles. The topological polar surface area (TPSA) is 38.7 Å². The standard InChI is InChI=1S/C14H19FO3/c1-17-11-4-3-7-14(16,9-11)10-5-6-13(18-2)12(15)8-10/h5-6,8,11,16H,3-4,7,9H2,1-2H3. The predicted octanol–water partition coefficient (Wildman–Crippen LogP) is 2.61. The summed E-state index contributed by atoms with van der Waals surface area (Å²) in [5, 5.41) is 10.6. The van der Waals surface area contributed by atoms with Crippen molar-refractivity contribution in [1.82, 2.24) is 0 Å². The molecule has 1 aromatic carbocycles. The van der Waals surface area contributed by atoms with Crippen molar-refractivity contribution in [2.45, 2.75) is 37.4 Å². The highest BCUT2D eigenvalue weighted by molar-refractivity contribution is 5.33. The van der Waals surface area contributed by atoms with Crippen LogP contribution in [-0.4, -0.2) is 25.4 Å². The summed E-state index contributed by atoms with van der Waals surface area (Å²) in [6.07, 6.45) is 3.00. The van der Waals surface area contributed by atoms with Crippen molar-refractivity contribution in [1.29, 1.82) is 0 Å².